The van der Waals surface area contributed by atoms with Crippen LogP contribution in [0.2, 0.25) is 0 Å². The van der Waals surface area contributed by atoms with Gasteiger partial charge in [-0.3, -0.25) is 24.6 Å². The van der Waals surface area contributed by atoms with Crippen molar-refractivity contribution in [3.63, 3.8) is 0 Å². The minimum atomic E-state index is -0.411. The van der Waals surface area contributed by atoms with E-state index in [1.165, 1.54) is 5.69 Å². The number of nitrogens with one attached hydrogen (secondary N) is 4. The van der Waals surface area contributed by atoms with Crippen LogP contribution < -0.4 is 31.1 Å². The van der Waals surface area contributed by atoms with Gasteiger partial charge in [-0.05, 0) is 113 Å². The molecule has 0 aliphatic carbocycles. The number of piperidine rings is 2. The molecule has 1 atom stereocenters. The van der Waals surface area contributed by atoms with Gasteiger partial charge in [0.05, 0.1) is 29.3 Å². The lowest BCUT2D eigenvalue weighted by molar-refractivity contribution is -0.133. The number of anilines is 5. The van der Waals surface area contributed by atoms with E-state index in [0.717, 1.165) is 98.2 Å². The SMILES string of the molecule is Cc1cc(-c2ccnc(Nc3ccc(N4CCN(CC5CCN(c6ccc(NC7CCC(=O)NC7=O)cn6)CC5)CC4)cc3)n2)ccc1CNC(=O)c1cn(C(C)(C)C)nn1. The molecule has 5 aromatic rings. The number of benzene rings is 2. The first-order valence-corrected chi connectivity index (χ1v) is 21.2. The minimum Gasteiger partial charge on any atom is -0.372 e. The van der Waals surface area contributed by atoms with Gasteiger partial charge in [0.1, 0.15) is 11.9 Å². The van der Waals surface area contributed by atoms with Crippen molar-refractivity contribution in [1.29, 1.82) is 0 Å². The molecule has 61 heavy (non-hydrogen) atoms. The van der Waals surface area contributed by atoms with Crippen molar-refractivity contribution in [3.8, 4) is 11.3 Å². The zero-order chi connectivity index (χ0) is 42.5. The normalized spacial score (nSPS) is 17.9. The number of aromatic nitrogens is 6. The molecule has 0 radical (unpaired) electrons. The van der Waals surface area contributed by atoms with Crippen molar-refractivity contribution in [2.75, 3.05) is 66.2 Å². The molecule has 3 aliphatic heterocycles. The van der Waals surface area contributed by atoms with Crippen LogP contribution in [0.4, 0.5) is 28.8 Å². The maximum absolute atomic E-state index is 12.7. The number of piperazine rings is 1. The molecule has 2 aromatic carbocycles. The van der Waals surface area contributed by atoms with Gasteiger partial charge in [0.25, 0.3) is 5.91 Å². The van der Waals surface area contributed by atoms with Gasteiger partial charge in [0.2, 0.25) is 17.8 Å². The van der Waals surface area contributed by atoms with Crippen molar-refractivity contribution in [1.82, 2.24) is 45.5 Å². The van der Waals surface area contributed by atoms with Crippen molar-refractivity contribution >= 4 is 46.5 Å². The molecule has 16 heteroatoms. The van der Waals surface area contributed by atoms with E-state index < -0.39 is 6.04 Å². The maximum Gasteiger partial charge on any atom is 0.273 e. The number of rotatable bonds is 12. The number of amides is 3. The van der Waals surface area contributed by atoms with Gasteiger partial charge in [0, 0.05) is 81.9 Å². The van der Waals surface area contributed by atoms with Gasteiger partial charge < -0.3 is 25.8 Å². The Morgan fingerprint density at radius 3 is 2.33 bits per heavy atom. The molecule has 0 bridgehead atoms. The topological polar surface area (TPSA) is 178 Å². The predicted octanol–water partition coefficient (Wildman–Crippen LogP) is 5.12. The Labute approximate surface area is 356 Å². The summed E-state index contributed by atoms with van der Waals surface area (Å²) in [5.74, 6) is 1.39. The monoisotopic (exact) mass is 825 g/mol. The van der Waals surface area contributed by atoms with Crippen molar-refractivity contribution < 1.29 is 14.4 Å². The molecule has 8 rings (SSSR count). The Balaban J connectivity index is 0.764. The molecule has 0 saturated carbocycles. The lowest BCUT2D eigenvalue weighted by atomic mass is 9.96. The summed E-state index contributed by atoms with van der Waals surface area (Å²) >= 11 is 0. The fourth-order valence-electron chi connectivity index (χ4n) is 8.07. The van der Waals surface area contributed by atoms with Crippen LogP contribution in [0.25, 0.3) is 11.3 Å². The molecule has 16 nitrogen and oxygen atoms in total. The van der Waals surface area contributed by atoms with E-state index in [-0.39, 0.29) is 23.3 Å². The van der Waals surface area contributed by atoms with Crippen LogP contribution in [-0.2, 0) is 21.7 Å². The van der Waals surface area contributed by atoms with Crippen LogP contribution in [0.15, 0.2) is 79.3 Å². The summed E-state index contributed by atoms with van der Waals surface area (Å²) in [7, 11) is 0. The summed E-state index contributed by atoms with van der Waals surface area (Å²) in [5.41, 5.74) is 6.78. The fraction of sp³-hybridized carbons (Fsp3) is 0.422. The second-order valence-electron chi connectivity index (χ2n) is 17.3. The van der Waals surface area contributed by atoms with Crippen molar-refractivity contribution in [2.45, 2.75) is 71.5 Å². The highest BCUT2D eigenvalue weighted by Gasteiger charge is 2.28. The Morgan fingerprint density at radius 2 is 1.64 bits per heavy atom. The predicted molar refractivity (Wildman–Crippen MR) is 236 cm³/mol. The van der Waals surface area contributed by atoms with Gasteiger partial charge in [-0.1, -0.05) is 17.3 Å². The largest absolute Gasteiger partial charge is 0.372 e. The van der Waals surface area contributed by atoms with Crippen LogP contribution in [0.1, 0.15) is 68.1 Å². The van der Waals surface area contributed by atoms with E-state index in [2.05, 4.69) is 86.6 Å². The first-order chi connectivity index (χ1) is 29.4. The van der Waals surface area contributed by atoms with E-state index in [4.69, 9.17) is 4.98 Å². The molecule has 318 valence electrons. The molecule has 3 fully saturated rings. The number of carbonyl (C=O) groups is 3. The van der Waals surface area contributed by atoms with Gasteiger partial charge in [-0.15, -0.1) is 5.10 Å². The van der Waals surface area contributed by atoms with Gasteiger partial charge >= 0.3 is 0 Å². The molecular weight excluding hydrogens is 771 g/mol. The van der Waals surface area contributed by atoms with E-state index in [9.17, 15) is 14.4 Å². The zero-order valence-corrected chi connectivity index (χ0v) is 35.4. The molecule has 3 saturated heterocycles. The highest BCUT2D eigenvalue weighted by Crippen LogP contribution is 2.27. The first-order valence-electron chi connectivity index (χ1n) is 21.2. The summed E-state index contributed by atoms with van der Waals surface area (Å²) in [4.78, 5) is 57.7. The standard InChI is InChI=1S/C45H55N13O3/c1-30-25-32(5-6-33(30)26-48-42(60)39-29-58(54-53-39)45(2,3)4)37-15-18-46-44(51-37)50-34-7-10-36(11-8-34)56-23-21-55(22-24-56)28-31-16-19-57(20-17-31)40-13-9-35(27-47-40)49-38-12-14-41(59)52-43(38)61/h5-11,13,15,18,25,27,29,31,38,49H,12,14,16-17,19-24,26,28H2,1-4H3,(H,48,60)(H,46,50,51)(H,52,59,61). The van der Waals surface area contributed by atoms with Gasteiger partial charge in [-0.25, -0.2) is 19.6 Å². The van der Waals surface area contributed by atoms with Crippen molar-refractivity contribution in [3.05, 3.63) is 96.1 Å². The number of aryl methyl sites for hydroxylation is 1. The first kappa shape index (κ1) is 41.3. The lowest BCUT2D eigenvalue weighted by Crippen LogP contribution is -2.49. The summed E-state index contributed by atoms with van der Waals surface area (Å²) in [6, 6.07) is 20.1. The number of hydrogen-bond donors (Lipinski definition) is 4. The zero-order valence-electron chi connectivity index (χ0n) is 35.4. The average Bonchev–Trinajstić information content (AvgIpc) is 3.78. The molecule has 1 unspecified atom stereocenters. The summed E-state index contributed by atoms with van der Waals surface area (Å²) < 4.78 is 1.69. The molecule has 3 aliphatic rings. The maximum atomic E-state index is 12.7. The third kappa shape index (κ3) is 10.3. The van der Waals surface area contributed by atoms with Gasteiger partial charge in [0.15, 0.2) is 5.69 Å². The molecular formula is C45H55N13O3. The Kier molecular flexibility index (Phi) is 12.2. The second-order valence-corrected chi connectivity index (χ2v) is 17.3. The Hall–Kier alpha value is -6.42. The number of carbonyl (C=O) groups excluding carboxylic acids is 3. The number of imide groups is 1. The van der Waals surface area contributed by atoms with E-state index in [1.807, 2.05) is 58.0 Å². The quantitative estimate of drug-likeness (QED) is 0.122. The number of pyridine rings is 1. The lowest BCUT2D eigenvalue weighted by Gasteiger charge is -2.40. The molecule has 0 spiro atoms. The third-order valence-corrected chi connectivity index (χ3v) is 11.8. The third-order valence-electron chi connectivity index (χ3n) is 11.8. The summed E-state index contributed by atoms with van der Waals surface area (Å²) in [6.07, 6.45) is 8.32. The van der Waals surface area contributed by atoms with Crippen LogP contribution in [0, 0.1) is 12.8 Å². The van der Waals surface area contributed by atoms with Gasteiger partial charge in [-0.2, -0.15) is 0 Å². The van der Waals surface area contributed by atoms with Crippen LogP contribution in [0.5, 0.6) is 0 Å². The van der Waals surface area contributed by atoms with E-state index in [0.29, 0.717) is 36.9 Å². The summed E-state index contributed by atoms with van der Waals surface area (Å²) in [6.45, 7) is 15.6. The van der Waals surface area contributed by atoms with Crippen molar-refractivity contribution in [2.24, 2.45) is 5.92 Å². The van der Waals surface area contributed by atoms with Crippen LogP contribution >= 0.6 is 0 Å². The minimum absolute atomic E-state index is 0.216. The Bertz CT molecular complexity index is 2320. The molecule has 3 aromatic heterocycles. The van der Waals surface area contributed by atoms with E-state index >= 15 is 0 Å². The number of nitrogens with zero attached hydrogens (tertiary/aromatic N) is 9. The highest BCUT2D eigenvalue weighted by atomic mass is 16.2. The number of hydrogen-bond acceptors (Lipinski definition) is 13. The van der Waals surface area contributed by atoms with E-state index in [1.54, 1.807) is 23.3 Å². The van der Waals surface area contributed by atoms with Crippen LogP contribution in [-0.4, -0.2) is 104 Å². The molecule has 3 amide bonds. The second kappa shape index (κ2) is 18.1. The fourth-order valence-corrected chi connectivity index (χ4v) is 8.07. The molecule has 4 N–H and O–H groups in total. The van der Waals surface area contributed by atoms with Crippen LogP contribution in [0.3, 0.4) is 0 Å². The molecule has 6 heterocycles. The smallest absolute Gasteiger partial charge is 0.273 e. The Morgan fingerprint density at radius 1 is 0.869 bits per heavy atom. The average molecular weight is 826 g/mol. The summed E-state index contributed by atoms with van der Waals surface area (Å²) in [5, 5.41) is 20.1. The highest BCUT2D eigenvalue weighted by molar-refractivity contribution is 6.01.